The molecule has 0 aromatic carbocycles. The van der Waals surface area contributed by atoms with Crippen LogP contribution in [0.15, 0.2) is 11.6 Å². The van der Waals surface area contributed by atoms with Crippen LogP contribution < -0.4 is 0 Å². The molecule has 10 atom stereocenters. The minimum Gasteiger partial charge on any atom is -0.465 e. The molecular weight excluding hydrogens is 452 g/mol. The Labute approximate surface area is 217 Å². The number of esters is 1. The van der Waals surface area contributed by atoms with Crippen LogP contribution in [-0.4, -0.2) is 41.3 Å². The average Bonchev–Trinajstić information content (AvgIpc) is 2.81. The number of rotatable bonds is 3. The number of aldehydes is 1. The summed E-state index contributed by atoms with van der Waals surface area (Å²) in [6.07, 6.45) is 9.80. The summed E-state index contributed by atoms with van der Waals surface area (Å²) in [4.78, 5) is 25.8. The van der Waals surface area contributed by atoms with Crippen LogP contribution in [0.5, 0.6) is 0 Å². The van der Waals surface area contributed by atoms with Gasteiger partial charge >= 0.3 is 5.97 Å². The molecule has 5 aliphatic carbocycles. The van der Waals surface area contributed by atoms with Gasteiger partial charge in [0.25, 0.3) is 0 Å². The zero-order valence-corrected chi connectivity index (χ0v) is 23.3. The molecule has 0 aliphatic heterocycles. The van der Waals surface area contributed by atoms with E-state index in [1.165, 1.54) is 5.57 Å². The molecule has 36 heavy (non-hydrogen) atoms. The van der Waals surface area contributed by atoms with Crippen molar-refractivity contribution in [2.75, 3.05) is 6.61 Å². The highest BCUT2D eigenvalue weighted by Crippen LogP contribution is 2.72. The summed E-state index contributed by atoms with van der Waals surface area (Å²) in [6.45, 7) is 13.6. The molecule has 0 saturated heterocycles. The van der Waals surface area contributed by atoms with E-state index in [1.54, 1.807) is 0 Å². The predicted octanol–water partition coefficient (Wildman–Crippen LogP) is 5.47. The maximum atomic E-state index is 13.5. The summed E-state index contributed by atoms with van der Waals surface area (Å²) in [5.41, 5.74) is -0.0345. The first kappa shape index (κ1) is 26.4. The molecule has 4 fully saturated rings. The second kappa shape index (κ2) is 8.40. The second-order valence-electron chi connectivity index (χ2n) is 14.6. The fourth-order valence-corrected chi connectivity index (χ4v) is 10.4. The minimum absolute atomic E-state index is 0.00477. The van der Waals surface area contributed by atoms with Crippen molar-refractivity contribution < 1.29 is 24.5 Å². The maximum Gasteiger partial charge on any atom is 0.315 e. The molecule has 5 rings (SSSR count). The molecule has 5 heteroatoms. The zero-order valence-electron chi connectivity index (χ0n) is 23.3. The largest absolute Gasteiger partial charge is 0.465 e. The standard InChI is InChI=1S/C31H48O5/c1-7-36-26(35)31-15-14-27(2,3)17-21(31)19-8-9-22-28(4,20(19)16-25(31)34)12-10-23-29(22,5)13-11-24(33)30(23,6)18-32/h8,18,20-25,33-34H,7,9-17H2,1-6H3/t20-,21?,22?,23-,24+,25?,28-,29?,30-,31-/m1/s1. The fraction of sp³-hybridized carbons (Fsp3) is 0.871. The van der Waals surface area contributed by atoms with Crippen LogP contribution in [0.1, 0.15) is 99.3 Å². The van der Waals surface area contributed by atoms with Crippen molar-refractivity contribution in [3.63, 3.8) is 0 Å². The third kappa shape index (κ3) is 3.33. The zero-order chi connectivity index (χ0) is 26.3. The van der Waals surface area contributed by atoms with Crippen molar-refractivity contribution in [3.8, 4) is 0 Å². The van der Waals surface area contributed by atoms with Crippen LogP contribution in [0.2, 0.25) is 0 Å². The average molecular weight is 501 g/mol. The summed E-state index contributed by atoms with van der Waals surface area (Å²) in [6, 6.07) is 0. The summed E-state index contributed by atoms with van der Waals surface area (Å²) in [5.74, 6) is 0.608. The van der Waals surface area contributed by atoms with Crippen LogP contribution in [0.25, 0.3) is 0 Å². The van der Waals surface area contributed by atoms with Crippen LogP contribution in [-0.2, 0) is 14.3 Å². The van der Waals surface area contributed by atoms with Gasteiger partial charge in [0, 0.05) is 0 Å². The van der Waals surface area contributed by atoms with E-state index < -0.39 is 23.0 Å². The molecular formula is C31H48O5. The third-order valence-electron chi connectivity index (χ3n) is 12.5. The van der Waals surface area contributed by atoms with E-state index in [4.69, 9.17) is 4.74 Å². The van der Waals surface area contributed by atoms with E-state index in [-0.39, 0.29) is 40.0 Å². The first-order valence-electron chi connectivity index (χ1n) is 14.5. The van der Waals surface area contributed by atoms with Crippen molar-refractivity contribution in [1.82, 2.24) is 0 Å². The van der Waals surface area contributed by atoms with Gasteiger partial charge in [-0.15, -0.1) is 0 Å². The van der Waals surface area contributed by atoms with Gasteiger partial charge in [0.2, 0.25) is 0 Å². The lowest BCUT2D eigenvalue weighted by Crippen LogP contribution is -2.65. The Kier molecular flexibility index (Phi) is 6.16. The lowest BCUT2D eigenvalue weighted by Gasteiger charge is -2.68. The van der Waals surface area contributed by atoms with Gasteiger partial charge in [-0.3, -0.25) is 4.79 Å². The van der Waals surface area contributed by atoms with E-state index in [0.717, 1.165) is 44.8 Å². The first-order chi connectivity index (χ1) is 16.8. The van der Waals surface area contributed by atoms with E-state index >= 15 is 0 Å². The Morgan fingerprint density at radius 3 is 2.33 bits per heavy atom. The van der Waals surface area contributed by atoms with Gasteiger partial charge in [-0.2, -0.15) is 0 Å². The van der Waals surface area contributed by atoms with Crippen molar-refractivity contribution in [2.24, 2.45) is 50.7 Å². The minimum atomic E-state index is -0.830. The lowest BCUT2D eigenvalue weighted by atomic mass is 9.36. The molecule has 0 bridgehead atoms. The maximum absolute atomic E-state index is 13.5. The highest BCUT2D eigenvalue weighted by Gasteiger charge is 2.68. The van der Waals surface area contributed by atoms with Crippen molar-refractivity contribution in [1.29, 1.82) is 0 Å². The van der Waals surface area contributed by atoms with Crippen LogP contribution in [0.3, 0.4) is 0 Å². The number of allylic oxidation sites excluding steroid dienone is 2. The highest BCUT2D eigenvalue weighted by atomic mass is 16.5. The van der Waals surface area contributed by atoms with Gasteiger partial charge in [0.05, 0.1) is 24.2 Å². The number of aliphatic hydroxyl groups is 2. The summed E-state index contributed by atoms with van der Waals surface area (Å²) in [5, 5.41) is 22.7. The quantitative estimate of drug-likeness (QED) is 0.305. The predicted molar refractivity (Wildman–Crippen MR) is 139 cm³/mol. The lowest BCUT2D eigenvalue weighted by molar-refractivity contribution is -0.201. The molecule has 5 aliphatic rings. The molecule has 0 heterocycles. The molecule has 4 saturated carbocycles. The number of hydrogen-bond donors (Lipinski definition) is 2. The van der Waals surface area contributed by atoms with Crippen molar-refractivity contribution >= 4 is 12.3 Å². The summed E-state index contributed by atoms with van der Waals surface area (Å²) in [7, 11) is 0. The van der Waals surface area contributed by atoms with Crippen LogP contribution >= 0.6 is 0 Å². The van der Waals surface area contributed by atoms with E-state index in [2.05, 4.69) is 33.8 Å². The molecule has 5 nitrogen and oxygen atoms in total. The van der Waals surface area contributed by atoms with E-state index in [1.807, 2.05) is 13.8 Å². The number of carbonyl (C=O) groups excluding carboxylic acids is 2. The topological polar surface area (TPSA) is 83.8 Å². The highest BCUT2D eigenvalue weighted by molar-refractivity contribution is 5.79. The molecule has 0 aromatic rings. The number of ether oxygens (including phenoxy) is 1. The fourth-order valence-electron chi connectivity index (χ4n) is 10.4. The summed E-state index contributed by atoms with van der Waals surface area (Å²) < 4.78 is 5.64. The Bertz CT molecular complexity index is 955. The molecule has 0 spiro atoms. The van der Waals surface area contributed by atoms with Gasteiger partial charge < -0.3 is 19.7 Å². The molecule has 4 unspecified atom stereocenters. The van der Waals surface area contributed by atoms with Gasteiger partial charge in [0.1, 0.15) is 11.7 Å². The van der Waals surface area contributed by atoms with Gasteiger partial charge in [-0.25, -0.2) is 0 Å². The molecule has 2 N–H and O–H groups in total. The monoisotopic (exact) mass is 500 g/mol. The normalized spacial score (nSPS) is 51.5. The molecule has 202 valence electrons. The molecule has 0 amide bonds. The van der Waals surface area contributed by atoms with Gasteiger partial charge in [-0.1, -0.05) is 46.3 Å². The van der Waals surface area contributed by atoms with Gasteiger partial charge in [-0.05, 0) is 105 Å². The third-order valence-corrected chi connectivity index (χ3v) is 12.5. The van der Waals surface area contributed by atoms with Crippen molar-refractivity contribution in [2.45, 2.75) is 112 Å². The van der Waals surface area contributed by atoms with Crippen LogP contribution in [0.4, 0.5) is 0 Å². The van der Waals surface area contributed by atoms with Crippen molar-refractivity contribution in [3.05, 3.63) is 11.6 Å². The van der Waals surface area contributed by atoms with Gasteiger partial charge in [0.15, 0.2) is 0 Å². The number of fused-ring (bicyclic) bond motifs is 7. The Morgan fingerprint density at radius 2 is 1.67 bits per heavy atom. The van der Waals surface area contributed by atoms with Crippen LogP contribution in [0, 0.1) is 50.7 Å². The Morgan fingerprint density at radius 1 is 0.972 bits per heavy atom. The van der Waals surface area contributed by atoms with E-state index in [9.17, 15) is 19.8 Å². The SMILES string of the molecule is CCOC(=O)[C@]12CCC(C)(C)CC1C1=CCC3C4(C)CC[C@H](O)[C@](C)(C=O)[C@@H]4CC[C@]3(C)[C@@H]1CC2O. The summed E-state index contributed by atoms with van der Waals surface area (Å²) >= 11 is 0. The number of aliphatic hydroxyl groups excluding tert-OH is 2. The van der Waals surface area contributed by atoms with E-state index in [0.29, 0.717) is 31.8 Å². The molecule has 0 aromatic heterocycles. The number of carbonyl (C=O) groups is 2. The Balaban J connectivity index is 1.58. The number of hydrogen-bond acceptors (Lipinski definition) is 5. The smallest absolute Gasteiger partial charge is 0.315 e. The first-order valence-corrected chi connectivity index (χ1v) is 14.5. The second-order valence-corrected chi connectivity index (χ2v) is 14.6. The molecule has 0 radical (unpaired) electrons. The Hall–Kier alpha value is -1.20.